The number of nitrogens with one attached hydrogen (secondary N) is 2. The number of ether oxygens (including phenoxy) is 1. The van der Waals surface area contributed by atoms with Crippen LogP contribution < -0.4 is 14.9 Å². The molecule has 0 aromatic heterocycles. The molecule has 1 aliphatic rings. The third-order valence-electron chi connectivity index (χ3n) is 5.48. The minimum Gasteiger partial charge on any atom is -0.497 e. The van der Waals surface area contributed by atoms with Crippen LogP contribution in [0.2, 0.25) is 0 Å². The summed E-state index contributed by atoms with van der Waals surface area (Å²) in [6, 6.07) is 20.5. The van der Waals surface area contributed by atoms with E-state index >= 15 is 0 Å². The van der Waals surface area contributed by atoms with E-state index in [1.807, 2.05) is 18.2 Å². The highest BCUT2D eigenvalue weighted by Crippen LogP contribution is 2.22. The van der Waals surface area contributed by atoms with Gasteiger partial charge in [-0.3, -0.25) is 9.52 Å². The van der Waals surface area contributed by atoms with Crippen LogP contribution in [0.3, 0.4) is 0 Å². The molecule has 0 unspecified atom stereocenters. The monoisotopic (exact) mass is 463 g/mol. The Morgan fingerprint density at radius 2 is 1.70 bits per heavy atom. The highest BCUT2D eigenvalue weighted by molar-refractivity contribution is 7.92. The largest absolute Gasteiger partial charge is 0.497 e. The first-order valence-electron chi connectivity index (χ1n) is 10.7. The van der Waals surface area contributed by atoms with Gasteiger partial charge in [-0.15, -0.1) is 0 Å². The molecule has 0 aliphatic heterocycles. The quantitative estimate of drug-likeness (QED) is 0.419. The number of nitrogens with zero attached hydrogens (tertiary/aromatic N) is 1. The molecule has 0 spiro atoms. The molecule has 0 saturated carbocycles. The maximum atomic E-state index is 12.8. The van der Waals surface area contributed by atoms with Gasteiger partial charge >= 0.3 is 0 Å². The summed E-state index contributed by atoms with van der Waals surface area (Å²) in [6.07, 6.45) is 3.83. The van der Waals surface area contributed by atoms with Gasteiger partial charge in [-0.25, -0.2) is 13.8 Å². The summed E-state index contributed by atoms with van der Waals surface area (Å²) in [5, 5.41) is 4.38. The number of hydrogen-bond acceptors (Lipinski definition) is 5. The first-order valence-corrected chi connectivity index (χ1v) is 12.2. The van der Waals surface area contributed by atoms with E-state index in [0.29, 0.717) is 11.4 Å². The van der Waals surface area contributed by atoms with E-state index in [1.165, 1.54) is 30.9 Å². The molecule has 4 rings (SSSR count). The fourth-order valence-corrected chi connectivity index (χ4v) is 4.84. The van der Waals surface area contributed by atoms with E-state index < -0.39 is 15.9 Å². The SMILES string of the molecule is COc1ccc(NS(=O)(=O)c2cccc(C(=O)NN=C3CCCCc4ccccc43)c2)cc1. The van der Waals surface area contributed by atoms with Crippen molar-refractivity contribution in [3.8, 4) is 5.75 Å². The van der Waals surface area contributed by atoms with Crippen molar-refractivity contribution in [2.45, 2.75) is 30.6 Å². The Hall–Kier alpha value is -3.65. The van der Waals surface area contributed by atoms with Crippen molar-refractivity contribution < 1.29 is 17.9 Å². The third kappa shape index (κ3) is 5.40. The van der Waals surface area contributed by atoms with E-state index in [1.54, 1.807) is 30.3 Å². The predicted molar refractivity (Wildman–Crippen MR) is 128 cm³/mol. The van der Waals surface area contributed by atoms with Gasteiger partial charge in [0.2, 0.25) is 0 Å². The van der Waals surface area contributed by atoms with Crippen molar-refractivity contribution >= 4 is 27.3 Å². The van der Waals surface area contributed by atoms with Gasteiger partial charge in [-0.05, 0) is 73.7 Å². The average Bonchev–Trinajstić information content (AvgIpc) is 3.05. The average molecular weight is 464 g/mol. The number of carbonyl (C=O) groups is 1. The summed E-state index contributed by atoms with van der Waals surface area (Å²) in [6.45, 7) is 0. The van der Waals surface area contributed by atoms with Gasteiger partial charge in [0.05, 0.1) is 17.7 Å². The Balaban J connectivity index is 1.51. The summed E-state index contributed by atoms with van der Waals surface area (Å²) < 4.78 is 33.2. The van der Waals surface area contributed by atoms with Crippen molar-refractivity contribution in [1.29, 1.82) is 0 Å². The van der Waals surface area contributed by atoms with Gasteiger partial charge in [0, 0.05) is 16.8 Å². The smallest absolute Gasteiger partial charge is 0.271 e. The van der Waals surface area contributed by atoms with E-state index in [2.05, 4.69) is 21.3 Å². The molecule has 0 atom stereocenters. The molecule has 170 valence electrons. The first kappa shape index (κ1) is 22.5. The van der Waals surface area contributed by atoms with Gasteiger partial charge < -0.3 is 4.74 Å². The Labute approximate surface area is 193 Å². The molecular formula is C25H25N3O4S. The molecule has 0 radical (unpaired) electrons. The highest BCUT2D eigenvalue weighted by atomic mass is 32.2. The fourth-order valence-electron chi connectivity index (χ4n) is 3.74. The zero-order valence-electron chi connectivity index (χ0n) is 18.2. The van der Waals surface area contributed by atoms with E-state index in [0.717, 1.165) is 37.0 Å². The van der Waals surface area contributed by atoms with Crippen LogP contribution in [0.4, 0.5) is 5.69 Å². The highest BCUT2D eigenvalue weighted by Gasteiger charge is 2.18. The summed E-state index contributed by atoms with van der Waals surface area (Å²) in [7, 11) is -2.34. The molecule has 7 nitrogen and oxygen atoms in total. The number of hydrazone groups is 1. The third-order valence-corrected chi connectivity index (χ3v) is 6.86. The molecule has 0 fully saturated rings. The zero-order valence-corrected chi connectivity index (χ0v) is 19.1. The number of amides is 1. The number of rotatable bonds is 6. The Kier molecular flexibility index (Phi) is 6.74. The van der Waals surface area contributed by atoms with Crippen LogP contribution in [0.5, 0.6) is 5.75 Å². The lowest BCUT2D eigenvalue weighted by Crippen LogP contribution is -2.21. The summed E-state index contributed by atoms with van der Waals surface area (Å²) >= 11 is 0. The molecule has 0 heterocycles. The lowest BCUT2D eigenvalue weighted by atomic mass is 10.0. The van der Waals surface area contributed by atoms with Crippen molar-refractivity contribution in [3.05, 3.63) is 89.5 Å². The lowest BCUT2D eigenvalue weighted by molar-refractivity contribution is 0.0954. The van der Waals surface area contributed by atoms with Crippen LogP contribution in [-0.4, -0.2) is 27.1 Å². The second-order valence-electron chi connectivity index (χ2n) is 7.73. The molecule has 2 N–H and O–H groups in total. The number of anilines is 1. The number of carbonyl (C=O) groups excluding carboxylic acids is 1. The van der Waals surface area contributed by atoms with Crippen molar-refractivity contribution in [3.63, 3.8) is 0 Å². The molecule has 33 heavy (non-hydrogen) atoms. The number of methoxy groups -OCH3 is 1. The molecule has 3 aromatic rings. The van der Waals surface area contributed by atoms with Crippen LogP contribution in [0.1, 0.15) is 40.7 Å². The first-order chi connectivity index (χ1) is 16.0. The summed E-state index contributed by atoms with van der Waals surface area (Å²) in [5.74, 6) is 0.153. The van der Waals surface area contributed by atoms with Crippen molar-refractivity contribution in [2.24, 2.45) is 5.10 Å². The second kappa shape index (κ2) is 9.87. The molecule has 0 bridgehead atoms. The fraction of sp³-hybridized carbons (Fsp3) is 0.200. The van der Waals surface area contributed by atoms with Crippen LogP contribution in [-0.2, 0) is 16.4 Å². The van der Waals surface area contributed by atoms with Crippen LogP contribution in [0, 0.1) is 0 Å². The predicted octanol–water partition coefficient (Wildman–Crippen LogP) is 4.36. The van der Waals surface area contributed by atoms with Crippen LogP contribution in [0.15, 0.2) is 82.8 Å². The summed E-state index contributed by atoms with van der Waals surface area (Å²) in [5.41, 5.74) is 6.31. The molecule has 3 aromatic carbocycles. The number of fused-ring (bicyclic) bond motifs is 1. The van der Waals surface area contributed by atoms with Gasteiger partial charge in [-0.2, -0.15) is 5.10 Å². The molecule has 1 aliphatic carbocycles. The summed E-state index contributed by atoms with van der Waals surface area (Å²) in [4.78, 5) is 12.7. The zero-order chi connectivity index (χ0) is 23.3. The maximum absolute atomic E-state index is 12.8. The van der Waals surface area contributed by atoms with Crippen LogP contribution >= 0.6 is 0 Å². The standard InChI is InChI=1S/C25H25N3O4S/c1-32-21-15-13-20(14-16-21)28-33(30,31)22-10-6-9-19(17-22)25(29)27-26-24-12-5-3-8-18-7-2-4-11-23(18)24/h2,4,6-7,9-11,13-17,28H,3,5,8,12H2,1H3,(H,27,29). The molecule has 0 saturated heterocycles. The van der Waals surface area contributed by atoms with E-state index in [4.69, 9.17) is 4.74 Å². The van der Waals surface area contributed by atoms with Crippen LogP contribution in [0.25, 0.3) is 0 Å². The molecule has 8 heteroatoms. The lowest BCUT2D eigenvalue weighted by Gasteiger charge is -2.10. The topological polar surface area (TPSA) is 96.9 Å². The number of hydrogen-bond donors (Lipinski definition) is 2. The minimum absolute atomic E-state index is 0.0153. The minimum atomic E-state index is -3.88. The van der Waals surface area contributed by atoms with Gasteiger partial charge in [-0.1, -0.05) is 30.3 Å². The second-order valence-corrected chi connectivity index (χ2v) is 9.41. The van der Waals surface area contributed by atoms with Gasteiger partial charge in [0.1, 0.15) is 5.75 Å². The Morgan fingerprint density at radius 3 is 2.48 bits per heavy atom. The molecular weight excluding hydrogens is 438 g/mol. The number of benzene rings is 3. The Morgan fingerprint density at radius 1 is 0.939 bits per heavy atom. The van der Waals surface area contributed by atoms with E-state index in [9.17, 15) is 13.2 Å². The molecule has 1 amide bonds. The Bertz CT molecular complexity index is 1290. The van der Waals surface area contributed by atoms with Gasteiger partial charge in [0.25, 0.3) is 15.9 Å². The van der Waals surface area contributed by atoms with Crippen molar-refractivity contribution in [2.75, 3.05) is 11.8 Å². The van der Waals surface area contributed by atoms with Gasteiger partial charge in [0.15, 0.2) is 0 Å². The number of sulfonamides is 1. The maximum Gasteiger partial charge on any atom is 0.271 e. The number of aryl methyl sites for hydroxylation is 1. The normalized spacial score (nSPS) is 14.8. The van der Waals surface area contributed by atoms with Crippen molar-refractivity contribution in [1.82, 2.24) is 5.43 Å². The van der Waals surface area contributed by atoms with E-state index in [-0.39, 0.29) is 10.5 Å².